The molecule has 2 rings (SSSR count). The molecule has 0 aliphatic heterocycles. The molecule has 0 N–H and O–H groups in total. The molecule has 3 heteroatoms. The Bertz CT molecular complexity index is 493. The van der Waals surface area contributed by atoms with Crippen molar-refractivity contribution in [1.29, 1.82) is 5.26 Å². The molecular weight excluding hydrogens is 262 g/mol. The lowest BCUT2D eigenvalue weighted by Gasteiger charge is -2.27. The first-order valence-corrected chi connectivity index (χ1v) is 7.94. The zero-order chi connectivity index (χ0) is 15.1. The number of benzene rings is 1. The van der Waals surface area contributed by atoms with Crippen molar-refractivity contribution in [3.63, 3.8) is 0 Å². The smallest absolute Gasteiger partial charge is 0.314 e. The predicted octanol–water partition coefficient (Wildman–Crippen LogP) is 4.46. The highest BCUT2D eigenvalue weighted by molar-refractivity contribution is 5.75. The third kappa shape index (κ3) is 4.60. The van der Waals surface area contributed by atoms with Crippen molar-refractivity contribution < 1.29 is 9.53 Å². The van der Waals surface area contributed by atoms with Crippen LogP contribution in [-0.2, 0) is 4.79 Å². The molecule has 21 heavy (non-hydrogen) atoms. The first-order chi connectivity index (χ1) is 10.2. The molecule has 0 atom stereocenters. The van der Waals surface area contributed by atoms with Gasteiger partial charge in [-0.05, 0) is 55.9 Å². The standard InChI is InChI=1S/C18H23NO2/c1-2-3-4-14-5-9-16(10-6-14)18(20)21-17-11-7-15(13-19)8-12-17/h7-8,11-12,14,16H,2-6,9-10H2,1H3/t14-,16-. The van der Waals surface area contributed by atoms with E-state index in [4.69, 9.17) is 10.00 Å². The molecule has 1 aromatic carbocycles. The minimum Gasteiger partial charge on any atom is -0.426 e. The highest BCUT2D eigenvalue weighted by atomic mass is 16.5. The zero-order valence-corrected chi connectivity index (χ0v) is 12.7. The fourth-order valence-corrected chi connectivity index (χ4v) is 2.98. The van der Waals surface area contributed by atoms with Gasteiger partial charge in [0, 0.05) is 0 Å². The van der Waals surface area contributed by atoms with Gasteiger partial charge < -0.3 is 4.74 Å². The number of unbranched alkanes of at least 4 members (excludes halogenated alkanes) is 1. The van der Waals surface area contributed by atoms with Gasteiger partial charge in [-0.2, -0.15) is 5.26 Å². The second kappa shape index (κ2) is 7.83. The second-order valence-corrected chi connectivity index (χ2v) is 5.92. The molecule has 1 fully saturated rings. The Balaban J connectivity index is 1.80. The van der Waals surface area contributed by atoms with Gasteiger partial charge in [0.2, 0.25) is 0 Å². The molecule has 1 saturated carbocycles. The molecule has 112 valence electrons. The summed E-state index contributed by atoms with van der Waals surface area (Å²) < 4.78 is 5.42. The number of hydrogen-bond acceptors (Lipinski definition) is 3. The minimum absolute atomic E-state index is 0.0403. The van der Waals surface area contributed by atoms with E-state index in [0.29, 0.717) is 11.3 Å². The Hall–Kier alpha value is -1.82. The van der Waals surface area contributed by atoms with E-state index in [-0.39, 0.29) is 11.9 Å². The molecule has 3 nitrogen and oxygen atoms in total. The molecule has 0 radical (unpaired) electrons. The Kier molecular flexibility index (Phi) is 5.80. The van der Waals surface area contributed by atoms with Crippen LogP contribution >= 0.6 is 0 Å². The van der Waals surface area contributed by atoms with Crippen molar-refractivity contribution in [1.82, 2.24) is 0 Å². The van der Waals surface area contributed by atoms with Crippen LogP contribution in [0, 0.1) is 23.2 Å². The van der Waals surface area contributed by atoms with E-state index in [1.165, 1.54) is 19.3 Å². The van der Waals surface area contributed by atoms with E-state index in [1.54, 1.807) is 24.3 Å². The summed E-state index contributed by atoms with van der Waals surface area (Å²) in [7, 11) is 0. The number of nitrogens with zero attached hydrogens (tertiary/aromatic N) is 1. The molecule has 1 aromatic rings. The summed E-state index contributed by atoms with van der Waals surface area (Å²) in [4.78, 5) is 12.2. The monoisotopic (exact) mass is 285 g/mol. The molecule has 0 heterocycles. The van der Waals surface area contributed by atoms with Gasteiger partial charge in [-0.25, -0.2) is 0 Å². The largest absolute Gasteiger partial charge is 0.426 e. The maximum atomic E-state index is 12.2. The first-order valence-electron chi connectivity index (χ1n) is 7.94. The predicted molar refractivity (Wildman–Crippen MR) is 81.8 cm³/mol. The summed E-state index contributed by atoms with van der Waals surface area (Å²) in [6, 6.07) is 8.76. The SMILES string of the molecule is CCCC[C@H]1CC[C@H](C(=O)Oc2ccc(C#N)cc2)CC1. The molecule has 0 spiro atoms. The van der Waals surface area contributed by atoms with Crippen LogP contribution < -0.4 is 4.74 Å². The number of ether oxygens (including phenoxy) is 1. The first kappa shape index (κ1) is 15.6. The zero-order valence-electron chi connectivity index (χ0n) is 12.7. The quantitative estimate of drug-likeness (QED) is 0.593. The van der Waals surface area contributed by atoms with Crippen molar-refractivity contribution in [3.05, 3.63) is 29.8 Å². The molecule has 0 bridgehead atoms. The summed E-state index contributed by atoms with van der Waals surface area (Å²) in [5.74, 6) is 1.25. The van der Waals surface area contributed by atoms with Gasteiger partial charge in [0.05, 0.1) is 17.6 Å². The summed E-state index contributed by atoms with van der Waals surface area (Å²) in [6.45, 7) is 2.22. The summed E-state index contributed by atoms with van der Waals surface area (Å²) >= 11 is 0. The topological polar surface area (TPSA) is 50.1 Å². The second-order valence-electron chi connectivity index (χ2n) is 5.92. The van der Waals surface area contributed by atoms with Crippen LogP contribution in [0.15, 0.2) is 24.3 Å². The Morgan fingerprint density at radius 2 is 1.90 bits per heavy atom. The molecule has 1 aliphatic carbocycles. The van der Waals surface area contributed by atoms with Crippen LogP contribution in [0.2, 0.25) is 0 Å². The van der Waals surface area contributed by atoms with Crippen LogP contribution in [0.3, 0.4) is 0 Å². The molecule has 0 amide bonds. The van der Waals surface area contributed by atoms with Crippen molar-refractivity contribution in [3.8, 4) is 11.8 Å². The molecular formula is C18H23NO2. The van der Waals surface area contributed by atoms with Crippen molar-refractivity contribution >= 4 is 5.97 Å². The highest BCUT2D eigenvalue weighted by Crippen LogP contribution is 2.32. The molecule has 0 aromatic heterocycles. The van der Waals surface area contributed by atoms with Gasteiger partial charge in [-0.1, -0.05) is 26.2 Å². The average Bonchev–Trinajstić information content (AvgIpc) is 2.54. The van der Waals surface area contributed by atoms with Crippen LogP contribution in [0.4, 0.5) is 0 Å². The maximum absolute atomic E-state index is 12.2. The molecule has 0 saturated heterocycles. The van der Waals surface area contributed by atoms with Gasteiger partial charge in [0.1, 0.15) is 5.75 Å². The van der Waals surface area contributed by atoms with Gasteiger partial charge in [0.15, 0.2) is 0 Å². The van der Waals surface area contributed by atoms with Crippen molar-refractivity contribution in [2.24, 2.45) is 11.8 Å². The molecule has 0 unspecified atom stereocenters. The number of carbonyl (C=O) groups excluding carboxylic acids is 1. The lowest BCUT2D eigenvalue weighted by Crippen LogP contribution is -2.25. The van der Waals surface area contributed by atoms with E-state index in [0.717, 1.165) is 31.6 Å². The minimum atomic E-state index is -0.117. The van der Waals surface area contributed by atoms with Gasteiger partial charge >= 0.3 is 5.97 Å². The van der Waals surface area contributed by atoms with E-state index in [9.17, 15) is 4.79 Å². The third-order valence-corrected chi connectivity index (χ3v) is 4.35. The highest BCUT2D eigenvalue weighted by Gasteiger charge is 2.27. The number of carbonyl (C=O) groups is 1. The normalized spacial score (nSPS) is 21.5. The van der Waals surface area contributed by atoms with Crippen LogP contribution in [0.5, 0.6) is 5.75 Å². The van der Waals surface area contributed by atoms with Crippen molar-refractivity contribution in [2.45, 2.75) is 51.9 Å². The lowest BCUT2D eigenvalue weighted by atomic mass is 9.80. The third-order valence-electron chi connectivity index (χ3n) is 4.35. The summed E-state index contributed by atoms with van der Waals surface area (Å²) in [5, 5.41) is 8.74. The number of hydrogen-bond donors (Lipinski definition) is 0. The van der Waals surface area contributed by atoms with Gasteiger partial charge in [-0.15, -0.1) is 0 Å². The Labute approximate surface area is 126 Å². The van der Waals surface area contributed by atoms with Crippen LogP contribution in [0.1, 0.15) is 57.4 Å². The number of esters is 1. The lowest BCUT2D eigenvalue weighted by molar-refractivity contribution is -0.140. The van der Waals surface area contributed by atoms with E-state index in [1.807, 2.05) is 0 Å². The van der Waals surface area contributed by atoms with Crippen LogP contribution in [-0.4, -0.2) is 5.97 Å². The Morgan fingerprint density at radius 3 is 2.48 bits per heavy atom. The average molecular weight is 285 g/mol. The van der Waals surface area contributed by atoms with Gasteiger partial charge in [0.25, 0.3) is 0 Å². The van der Waals surface area contributed by atoms with Crippen molar-refractivity contribution in [2.75, 3.05) is 0 Å². The van der Waals surface area contributed by atoms with Gasteiger partial charge in [-0.3, -0.25) is 4.79 Å². The van der Waals surface area contributed by atoms with Crippen LogP contribution in [0.25, 0.3) is 0 Å². The molecule has 1 aliphatic rings. The van der Waals surface area contributed by atoms with E-state index in [2.05, 4.69) is 13.0 Å². The number of rotatable bonds is 5. The summed E-state index contributed by atoms with van der Waals surface area (Å²) in [5.41, 5.74) is 0.575. The fourth-order valence-electron chi connectivity index (χ4n) is 2.98. The fraction of sp³-hybridized carbons (Fsp3) is 0.556. The Morgan fingerprint density at radius 1 is 1.24 bits per heavy atom. The van der Waals surface area contributed by atoms with E-state index >= 15 is 0 Å². The summed E-state index contributed by atoms with van der Waals surface area (Å²) in [6.07, 6.45) is 8.03. The maximum Gasteiger partial charge on any atom is 0.314 e. The number of nitriles is 1. The van der Waals surface area contributed by atoms with E-state index < -0.39 is 0 Å².